The van der Waals surface area contributed by atoms with Crippen LogP contribution in [0.15, 0.2) is 59.7 Å². The third kappa shape index (κ3) is 3.91. The minimum Gasteiger partial charge on any atom is -0.497 e. The van der Waals surface area contributed by atoms with Crippen molar-refractivity contribution in [3.63, 3.8) is 0 Å². The fraction of sp³-hybridized carbons (Fsp3) is 0.318. The molecule has 4 rings (SSSR count). The Hall–Kier alpha value is -3.15. The lowest BCUT2D eigenvalue weighted by molar-refractivity contribution is -0.153. The summed E-state index contributed by atoms with van der Waals surface area (Å²) in [6, 6.07) is 17.2. The molecule has 144 valence electrons. The van der Waals surface area contributed by atoms with Crippen molar-refractivity contribution in [1.82, 2.24) is 5.01 Å². The largest absolute Gasteiger partial charge is 0.497 e. The average molecular weight is 378 g/mol. The second-order valence-corrected chi connectivity index (χ2v) is 7.03. The first kappa shape index (κ1) is 18.2. The predicted octanol–water partition coefficient (Wildman–Crippen LogP) is 3.33. The van der Waals surface area contributed by atoms with Crippen molar-refractivity contribution in [3.8, 4) is 5.75 Å². The summed E-state index contributed by atoms with van der Waals surface area (Å²) < 4.78 is 10.4. The van der Waals surface area contributed by atoms with E-state index in [1.807, 2.05) is 54.6 Å². The van der Waals surface area contributed by atoms with Crippen LogP contribution in [0.2, 0.25) is 0 Å². The highest BCUT2D eigenvalue weighted by Crippen LogP contribution is 2.34. The average Bonchev–Trinajstić information content (AvgIpc) is 3.51. The second-order valence-electron chi connectivity index (χ2n) is 7.03. The van der Waals surface area contributed by atoms with E-state index in [-0.39, 0.29) is 30.4 Å². The number of hydrogen-bond acceptors (Lipinski definition) is 5. The molecule has 28 heavy (non-hydrogen) atoms. The van der Waals surface area contributed by atoms with E-state index in [0.717, 1.165) is 35.4 Å². The Morgan fingerprint density at radius 2 is 1.79 bits per heavy atom. The maximum atomic E-state index is 12.8. The van der Waals surface area contributed by atoms with Gasteiger partial charge in [-0.25, -0.2) is 5.01 Å². The molecule has 1 aliphatic carbocycles. The van der Waals surface area contributed by atoms with Crippen LogP contribution in [-0.2, 0) is 14.3 Å². The SMILES string of the molecule is COc1ccc([C@@H]2CC(c3ccccc3)=NN2C(=O)COC(=O)C2CC2)cc1. The lowest BCUT2D eigenvalue weighted by Gasteiger charge is -2.22. The summed E-state index contributed by atoms with van der Waals surface area (Å²) in [5, 5.41) is 6.02. The Kier molecular flexibility index (Phi) is 5.10. The van der Waals surface area contributed by atoms with Crippen LogP contribution in [0.1, 0.15) is 36.4 Å². The molecule has 0 bridgehead atoms. The highest BCUT2D eigenvalue weighted by Gasteiger charge is 2.35. The summed E-state index contributed by atoms with van der Waals surface area (Å²) in [6.07, 6.45) is 2.29. The number of esters is 1. The molecule has 0 saturated heterocycles. The minimum atomic E-state index is -0.319. The molecule has 0 aromatic heterocycles. The first-order chi connectivity index (χ1) is 13.7. The molecule has 2 aromatic carbocycles. The van der Waals surface area contributed by atoms with Gasteiger partial charge in [0.2, 0.25) is 0 Å². The van der Waals surface area contributed by atoms with Gasteiger partial charge >= 0.3 is 5.97 Å². The van der Waals surface area contributed by atoms with Crippen LogP contribution >= 0.6 is 0 Å². The number of carbonyl (C=O) groups is 2. The van der Waals surface area contributed by atoms with Gasteiger partial charge in [0.1, 0.15) is 5.75 Å². The molecule has 0 N–H and O–H groups in total. The zero-order valence-electron chi connectivity index (χ0n) is 15.7. The van der Waals surface area contributed by atoms with E-state index < -0.39 is 0 Å². The summed E-state index contributed by atoms with van der Waals surface area (Å²) in [4.78, 5) is 24.6. The Morgan fingerprint density at radius 3 is 2.43 bits per heavy atom. The van der Waals surface area contributed by atoms with Gasteiger partial charge in [0.25, 0.3) is 5.91 Å². The van der Waals surface area contributed by atoms with E-state index in [9.17, 15) is 9.59 Å². The molecular formula is C22H22N2O4. The molecule has 0 radical (unpaired) electrons. The molecule has 1 fully saturated rings. The topological polar surface area (TPSA) is 68.2 Å². The van der Waals surface area contributed by atoms with Crippen LogP contribution < -0.4 is 4.74 Å². The third-order valence-corrected chi connectivity index (χ3v) is 5.02. The van der Waals surface area contributed by atoms with Gasteiger partial charge in [0, 0.05) is 6.42 Å². The fourth-order valence-electron chi connectivity index (χ4n) is 3.27. The second kappa shape index (κ2) is 7.84. The van der Waals surface area contributed by atoms with Crippen LogP contribution in [0.25, 0.3) is 0 Å². The monoisotopic (exact) mass is 378 g/mol. The van der Waals surface area contributed by atoms with Gasteiger partial charge in [-0.15, -0.1) is 0 Å². The van der Waals surface area contributed by atoms with Crippen LogP contribution in [-0.4, -0.2) is 36.3 Å². The predicted molar refractivity (Wildman–Crippen MR) is 104 cm³/mol. The Morgan fingerprint density at radius 1 is 1.07 bits per heavy atom. The van der Waals surface area contributed by atoms with Gasteiger partial charge in [-0.1, -0.05) is 42.5 Å². The van der Waals surface area contributed by atoms with E-state index in [4.69, 9.17) is 9.47 Å². The fourth-order valence-corrected chi connectivity index (χ4v) is 3.27. The maximum absolute atomic E-state index is 12.8. The first-order valence-electron chi connectivity index (χ1n) is 9.41. The first-order valence-corrected chi connectivity index (χ1v) is 9.41. The summed E-state index contributed by atoms with van der Waals surface area (Å²) >= 11 is 0. The molecule has 1 heterocycles. The van der Waals surface area contributed by atoms with Crippen LogP contribution in [0.3, 0.4) is 0 Å². The standard InChI is InChI=1S/C22H22N2O4/c1-27-18-11-9-16(10-12-18)20-13-19(15-5-3-2-4-6-15)23-24(20)21(25)14-28-22(26)17-7-8-17/h2-6,9-12,17,20H,7-8,13-14H2,1H3/t20-/m0/s1. The van der Waals surface area contributed by atoms with E-state index >= 15 is 0 Å². The van der Waals surface area contributed by atoms with Gasteiger partial charge in [-0.2, -0.15) is 5.10 Å². The minimum absolute atomic E-state index is 0.0351. The zero-order valence-corrected chi connectivity index (χ0v) is 15.7. The molecule has 2 aliphatic rings. The number of rotatable bonds is 6. The van der Waals surface area contributed by atoms with Crippen LogP contribution in [0.4, 0.5) is 0 Å². The van der Waals surface area contributed by atoms with Crippen LogP contribution in [0, 0.1) is 5.92 Å². The smallest absolute Gasteiger partial charge is 0.309 e. The van der Waals surface area contributed by atoms with Crippen molar-refractivity contribution in [2.45, 2.75) is 25.3 Å². The molecule has 1 aliphatic heterocycles. The molecule has 1 atom stereocenters. The van der Waals surface area contributed by atoms with Crippen molar-refractivity contribution in [3.05, 3.63) is 65.7 Å². The number of hydrogen-bond donors (Lipinski definition) is 0. The molecule has 2 aromatic rings. The zero-order chi connectivity index (χ0) is 19.5. The maximum Gasteiger partial charge on any atom is 0.309 e. The van der Waals surface area contributed by atoms with Gasteiger partial charge < -0.3 is 9.47 Å². The van der Waals surface area contributed by atoms with E-state index in [1.165, 1.54) is 5.01 Å². The van der Waals surface area contributed by atoms with E-state index in [2.05, 4.69) is 5.10 Å². The number of benzene rings is 2. The van der Waals surface area contributed by atoms with E-state index in [0.29, 0.717) is 6.42 Å². The number of amides is 1. The molecule has 0 unspecified atom stereocenters. The summed E-state index contributed by atoms with van der Waals surface area (Å²) in [5.74, 6) is 0.107. The van der Waals surface area contributed by atoms with Gasteiger partial charge in [0.15, 0.2) is 6.61 Å². The van der Waals surface area contributed by atoms with Crippen molar-refractivity contribution in [2.75, 3.05) is 13.7 Å². The normalized spacial score (nSPS) is 18.5. The summed E-state index contributed by atoms with van der Waals surface area (Å²) in [7, 11) is 1.62. The quantitative estimate of drug-likeness (QED) is 0.723. The summed E-state index contributed by atoms with van der Waals surface area (Å²) in [5.41, 5.74) is 2.77. The number of carbonyl (C=O) groups excluding carboxylic acids is 2. The molecule has 6 nitrogen and oxygen atoms in total. The third-order valence-electron chi connectivity index (χ3n) is 5.02. The Bertz CT molecular complexity index is 889. The molecule has 6 heteroatoms. The van der Waals surface area contributed by atoms with Crippen molar-refractivity contribution in [2.24, 2.45) is 11.0 Å². The number of nitrogens with zero attached hydrogens (tertiary/aromatic N) is 2. The number of ether oxygens (including phenoxy) is 2. The lowest BCUT2D eigenvalue weighted by Crippen LogP contribution is -2.31. The Balaban J connectivity index is 1.55. The molecular weight excluding hydrogens is 356 g/mol. The highest BCUT2D eigenvalue weighted by molar-refractivity contribution is 6.03. The number of hydrazone groups is 1. The number of methoxy groups -OCH3 is 1. The van der Waals surface area contributed by atoms with Crippen LogP contribution in [0.5, 0.6) is 5.75 Å². The van der Waals surface area contributed by atoms with Gasteiger partial charge in [0.05, 0.1) is 24.8 Å². The highest BCUT2D eigenvalue weighted by atomic mass is 16.5. The van der Waals surface area contributed by atoms with Crippen molar-refractivity contribution >= 4 is 17.6 Å². The lowest BCUT2D eigenvalue weighted by atomic mass is 9.98. The molecule has 0 spiro atoms. The summed E-state index contributed by atoms with van der Waals surface area (Å²) in [6.45, 7) is -0.284. The van der Waals surface area contributed by atoms with Crippen molar-refractivity contribution in [1.29, 1.82) is 0 Å². The molecule has 1 saturated carbocycles. The molecule has 1 amide bonds. The Labute approximate surface area is 163 Å². The van der Waals surface area contributed by atoms with Crippen molar-refractivity contribution < 1.29 is 19.1 Å². The van der Waals surface area contributed by atoms with Gasteiger partial charge in [-0.3, -0.25) is 9.59 Å². The van der Waals surface area contributed by atoms with E-state index in [1.54, 1.807) is 7.11 Å². The van der Waals surface area contributed by atoms with Gasteiger partial charge in [-0.05, 0) is 36.1 Å².